The predicted molar refractivity (Wildman–Crippen MR) is 110 cm³/mol. The summed E-state index contributed by atoms with van der Waals surface area (Å²) in [7, 11) is 0. The predicted octanol–water partition coefficient (Wildman–Crippen LogP) is 2.29. The van der Waals surface area contributed by atoms with Crippen molar-refractivity contribution in [2.24, 2.45) is 0 Å². The lowest BCUT2D eigenvalue weighted by atomic mass is 10.1. The van der Waals surface area contributed by atoms with E-state index in [0.717, 1.165) is 23.9 Å². The average Bonchev–Trinajstić information content (AvgIpc) is 3.20. The number of nitrogens with zero attached hydrogens (tertiary/aromatic N) is 4. The lowest BCUT2D eigenvalue weighted by Crippen LogP contribution is -2.56. The molecule has 1 saturated heterocycles. The second-order valence-corrected chi connectivity index (χ2v) is 8.36. The van der Waals surface area contributed by atoms with Gasteiger partial charge < -0.3 is 14.2 Å². The molecule has 0 N–H and O–H groups in total. The molecule has 1 amide bonds. The van der Waals surface area contributed by atoms with Gasteiger partial charge in [-0.1, -0.05) is 0 Å². The summed E-state index contributed by atoms with van der Waals surface area (Å²) in [5.41, 5.74) is -1.92. The summed E-state index contributed by atoms with van der Waals surface area (Å²) in [6, 6.07) is 3.57. The summed E-state index contributed by atoms with van der Waals surface area (Å²) in [5, 5.41) is 4.18. The van der Waals surface area contributed by atoms with Crippen molar-refractivity contribution in [3.05, 3.63) is 36.3 Å². The van der Waals surface area contributed by atoms with Gasteiger partial charge in [-0.15, -0.1) is 5.10 Å². The lowest BCUT2D eigenvalue weighted by Gasteiger charge is -2.34. The van der Waals surface area contributed by atoms with Gasteiger partial charge in [0, 0.05) is 25.4 Å². The van der Waals surface area contributed by atoms with E-state index in [1.54, 1.807) is 20.8 Å². The molecule has 0 spiro atoms. The van der Waals surface area contributed by atoms with Crippen LogP contribution in [0.2, 0.25) is 0 Å². The number of halogens is 3. The molecule has 0 radical (unpaired) electrons. The number of rotatable bonds is 5. The summed E-state index contributed by atoms with van der Waals surface area (Å²) in [5.74, 6) is -2.38. The van der Waals surface area contributed by atoms with E-state index in [1.165, 1.54) is 23.2 Å². The number of morpholine rings is 1. The van der Waals surface area contributed by atoms with Gasteiger partial charge in [0.2, 0.25) is 6.10 Å². The van der Waals surface area contributed by atoms with Crippen molar-refractivity contribution in [2.75, 3.05) is 18.1 Å². The van der Waals surface area contributed by atoms with E-state index in [-0.39, 0.29) is 24.7 Å². The Balaban J connectivity index is 1.85. The van der Waals surface area contributed by atoms with Crippen LogP contribution in [0.5, 0.6) is 0 Å². The number of hydrogen-bond donors (Lipinski definition) is 0. The smallest absolute Gasteiger partial charge is 0.433 e. The van der Waals surface area contributed by atoms with Crippen molar-refractivity contribution in [2.45, 2.75) is 51.7 Å². The van der Waals surface area contributed by atoms with Gasteiger partial charge in [0.15, 0.2) is 11.9 Å². The van der Waals surface area contributed by atoms with E-state index in [4.69, 9.17) is 14.2 Å². The van der Waals surface area contributed by atoms with E-state index in [1.807, 2.05) is 0 Å². The number of aromatic nitrogens is 3. The number of hydrogen-bond acceptors (Lipinski definition) is 8. The van der Waals surface area contributed by atoms with E-state index >= 15 is 0 Å². The van der Waals surface area contributed by atoms with Crippen LogP contribution in [-0.4, -0.2) is 63.6 Å². The van der Waals surface area contributed by atoms with E-state index in [9.17, 15) is 27.6 Å². The zero-order valence-corrected chi connectivity index (χ0v) is 18.8. The van der Waals surface area contributed by atoms with Crippen molar-refractivity contribution in [3.63, 3.8) is 0 Å². The highest BCUT2D eigenvalue weighted by atomic mass is 19.4. The fourth-order valence-corrected chi connectivity index (χ4v) is 3.14. The minimum Gasteiger partial charge on any atom is -0.457 e. The molecule has 1 aliphatic rings. The molecule has 10 nitrogen and oxygen atoms in total. The van der Waals surface area contributed by atoms with Crippen LogP contribution >= 0.6 is 0 Å². The highest BCUT2D eigenvalue weighted by Gasteiger charge is 2.45. The summed E-state index contributed by atoms with van der Waals surface area (Å²) in [4.78, 5) is 41.8. The third-order valence-corrected chi connectivity index (χ3v) is 4.48. The van der Waals surface area contributed by atoms with Gasteiger partial charge in [0.05, 0.1) is 18.8 Å². The zero-order valence-electron chi connectivity index (χ0n) is 18.8. The molecule has 2 aromatic rings. The van der Waals surface area contributed by atoms with Crippen LogP contribution in [0.1, 0.15) is 33.4 Å². The van der Waals surface area contributed by atoms with Gasteiger partial charge in [-0.05, 0) is 32.9 Å². The zero-order chi connectivity index (χ0) is 25.3. The molecule has 3 rings (SSSR count). The maximum atomic E-state index is 13.1. The average molecular weight is 484 g/mol. The van der Waals surface area contributed by atoms with Crippen LogP contribution in [-0.2, 0) is 34.8 Å². The van der Waals surface area contributed by atoms with Crippen molar-refractivity contribution in [1.29, 1.82) is 0 Å². The molecular formula is C21H23F3N4O6. The first-order valence-corrected chi connectivity index (χ1v) is 10.2. The number of alkyl halides is 3. The van der Waals surface area contributed by atoms with Gasteiger partial charge in [-0.3, -0.25) is 19.5 Å². The quantitative estimate of drug-likeness (QED) is 0.595. The van der Waals surface area contributed by atoms with Gasteiger partial charge in [0.25, 0.3) is 5.91 Å². The van der Waals surface area contributed by atoms with Gasteiger partial charge >= 0.3 is 18.1 Å². The first kappa shape index (κ1) is 25.1. The molecule has 3 heterocycles. The topological polar surface area (TPSA) is 113 Å². The van der Waals surface area contributed by atoms with Crippen LogP contribution in [0.4, 0.5) is 19.0 Å². The van der Waals surface area contributed by atoms with Crippen molar-refractivity contribution >= 4 is 23.7 Å². The molecule has 0 bridgehead atoms. The standard InChI is InChI=1S/C21H23F3N4O6/c1-12(29)33-17(19(31)34-20(2,3)4)16-18(30)27(9-10-32-16)15-6-8-28(26-15)13-5-7-25-14(11-13)21(22,23)24/h5-8,11,16-17H,9-10H2,1-4H3/t16-,17-/m1/s1. The van der Waals surface area contributed by atoms with Gasteiger partial charge in [0.1, 0.15) is 11.3 Å². The third-order valence-electron chi connectivity index (χ3n) is 4.48. The minimum atomic E-state index is -4.63. The van der Waals surface area contributed by atoms with E-state index < -0.39 is 47.5 Å². The molecule has 0 saturated carbocycles. The number of carbonyl (C=O) groups excluding carboxylic acids is 3. The van der Waals surface area contributed by atoms with Gasteiger partial charge in [-0.2, -0.15) is 13.2 Å². The fraction of sp³-hybridized carbons (Fsp3) is 0.476. The van der Waals surface area contributed by atoms with Crippen LogP contribution in [0, 0.1) is 0 Å². The number of esters is 2. The normalized spacial score (nSPS) is 17.9. The molecule has 0 aliphatic carbocycles. The Morgan fingerprint density at radius 3 is 2.56 bits per heavy atom. The molecule has 184 valence electrons. The number of pyridine rings is 1. The molecular weight excluding hydrogens is 461 g/mol. The second-order valence-electron chi connectivity index (χ2n) is 8.36. The van der Waals surface area contributed by atoms with Crippen molar-refractivity contribution < 1.29 is 41.8 Å². The van der Waals surface area contributed by atoms with E-state index in [0.29, 0.717) is 0 Å². The molecule has 2 atom stereocenters. The van der Waals surface area contributed by atoms with Crippen LogP contribution in [0.25, 0.3) is 5.69 Å². The second kappa shape index (κ2) is 9.41. The summed E-state index contributed by atoms with van der Waals surface area (Å²) >= 11 is 0. The first-order valence-electron chi connectivity index (χ1n) is 10.2. The molecule has 0 unspecified atom stereocenters. The minimum absolute atomic E-state index is 0.0166. The Kier molecular flexibility index (Phi) is 6.96. The first-order chi connectivity index (χ1) is 15.8. The molecule has 1 fully saturated rings. The number of anilines is 1. The maximum Gasteiger partial charge on any atom is 0.433 e. The van der Waals surface area contributed by atoms with Crippen LogP contribution in [0.15, 0.2) is 30.6 Å². The van der Waals surface area contributed by atoms with Crippen LogP contribution < -0.4 is 4.90 Å². The summed E-state index contributed by atoms with van der Waals surface area (Å²) in [6.45, 7) is 5.95. The monoisotopic (exact) mass is 484 g/mol. The van der Waals surface area contributed by atoms with Crippen molar-refractivity contribution in [1.82, 2.24) is 14.8 Å². The van der Waals surface area contributed by atoms with Crippen molar-refractivity contribution in [3.8, 4) is 5.69 Å². The fourth-order valence-electron chi connectivity index (χ4n) is 3.14. The Bertz CT molecular complexity index is 1080. The lowest BCUT2D eigenvalue weighted by molar-refractivity contribution is -0.188. The maximum absolute atomic E-state index is 13.1. The number of amides is 1. The Hall–Kier alpha value is -3.48. The molecule has 1 aliphatic heterocycles. The Morgan fingerprint density at radius 2 is 1.94 bits per heavy atom. The molecule has 13 heteroatoms. The molecule has 2 aromatic heterocycles. The molecule has 0 aromatic carbocycles. The molecule has 34 heavy (non-hydrogen) atoms. The largest absolute Gasteiger partial charge is 0.457 e. The number of carbonyl (C=O) groups is 3. The third kappa shape index (κ3) is 5.90. The highest BCUT2D eigenvalue weighted by molar-refractivity contribution is 6.00. The van der Waals surface area contributed by atoms with Gasteiger partial charge in [-0.25, -0.2) is 9.48 Å². The SMILES string of the molecule is CC(=O)O[C@@H](C(=O)OC(C)(C)C)[C@H]1OCCN(c2ccn(-c3ccnc(C(F)(F)F)c3)n2)C1=O. The summed E-state index contributed by atoms with van der Waals surface area (Å²) in [6.07, 6.45) is -5.40. The van der Waals surface area contributed by atoms with E-state index in [2.05, 4.69) is 10.1 Å². The Morgan fingerprint density at radius 1 is 1.24 bits per heavy atom. The Labute approximate surface area is 192 Å². The summed E-state index contributed by atoms with van der Waals surface area (Å²) < 4.78 is 55.8. The number of ether oxygens (including phenoxy) is 3. The van der Waals surface area contributed by atoms with Crippen LogP contribution in [0.3, 0.4) is 0 Å². The highest BCUT2D eigenvalue weighted by Crippen LogP contribution is 2.29.